The van der Waals surface area contributed by atoms with Gasteiger partial charge in [0.05, 0.1) is 22.6 Å². The lowest BCUT2D eigenvalue weighted by atomic mass is 10.3. The van der Waals surface area contributed by atoms with Crippen molar-refractivity contribution in [2.45, 2.75) is 13.0 Å². The number of amides is 1. The molecule has 4 aromatic rings. The van der Waals surface area contributed by atoms with Crippen molar-refractivity contribution in [1.82, 2.24) is 20.3 Å². The van der Waals surface area contributed by atoms with E-state index in [4.69, 9.17) is 0 Å². The summed E-state index contributed by atoms with van der Waals surface area (Å²) in [6, 6.07) is 17.6. The molecular formula is C21H21N5OS. The summed E-state index contributed by atoms with van der Waals surface area (Å²) in [5, 5.41) is 6.15. The number of anilines is 1. The number of aromatic amines is 1. The Morgan fingerprint density at radius 1 is 1.11 bits per heavy atom. The standard InChI is InChI=1S/C21H21N5OS/c1-26(15-7-3-2-4-8-15)21(27)18-14-28-20(25-18)11-12-22-13-19-23-16-9-5-6-10-17(16)24-19/h2-10,14,22H,11-13H2,1H3,(H,23,24). The van der Waals surface area contributed by atoms with E-state index >= 15 is 0 Å². The third-order valence-electron chi connectivity index (χ3n) is 4.47. The molecule has 1 amide bonds. The molecule has 0 saturated heterocycles. The summed E-state index contributed by atoms with van der Waals surface area (Å²) >= 11 is 1.52. The van der Waals surface area contributed by atoms with E-state index in [1.807, 2.05) is 60.0 Å². The third-order valence-corrected chi connectivity index (χ3v) is 5.37. The van der Waals surface area contributed by atoms with Crippen molar-refractivity contribution in [3.63, 3.8) is 0 Å². The number of benzene rings is 2. The predicted molar refractivity (Wildman–Crippen MR) is 113 cm³/mol. The molecule has 2 heterocycles. The van der Waals surface area contributed by atoms with Crippen molar-refractivity contribution in [2.24, 2.45) is 0 Å². The molecule has 6 nitrogen and oxygen atoms in total. The van der Waals surface area contributed by atoms with E-state index in [2.05, 4.69) is 20.3 Å². The maximum Gasteiger partial charge on any atom is 0.277 e. The summed E-state index contributed by atoms with van der Waals surface area (Å²) in [5.74, 6) is 0.824. The lowest BCUT2D eigenvalue weighted by Crippen LogP contribution is -2.26. The average Bonchev–Trinajstić information content (AvgIpc) is 3.37. The highest BCUT2D eigenvalue weighted by Gasteiger charge is 2.16. The summed E-state index contributed by atoms with van der Waals surface area (Å²) in [4.78, 5) is 26.6. The second-order valence-electron chi connectivity index (χ2n) is 6.45. The van der Waals surface area contributed by atoms with Crippen LogP contribution in [0.4, 0.5) is 5.69 Å². The molecule has 0 aliphatic heterocycles. The molecule has 0 saturated carbocycles. The van der Waals surface area contributed by atoms with Gasteiger partial charge < -0.3 is 15.2 Å². The number of fused-ring (bicyclic) bond motifs is 1. The van der Waals surface area contributed by atoms with Crippen molar-refractivity contribution < 1.29 is 4.79 Å². The molecule has 0 bridgehead atoms. The number of carbonyl (C=O) groups excluding carboxylic acids is 1. The summed E-state index contributed by atoms with van der Waals surface area (Å²) < 4.78 is 0. The van der Waals surface area contributed by atoms with Crippen LogP contribution in [0, 0.1) is 0 Å². The van der Waals surface area contributed by atoms with Gasteiger partial charge in [-0.25, -0.2) is 9.97 Å². The minimum absolute atomic E-state index is 0.0936. The molecule has 0 unspecified atom stereocenters. The van der Waals surface area contributed by atoms with E-state index in [0.29, 0.717) is 12.2 Å². The Labute approximate surface area is 167 Å². The number of aromatic nitrogens is 3. The Hall–Kier alpha value is -3.03. The van der Waals surface area contributed by atoms with Crippen LogP contribution in [0.1, 0.15) is 21.3 Å². The molecule has 0 atom stereocenters. The van der Waals surface area contributed by atoms with E-state index in [1.165, 1.54) is 11.3 Å². The van der Waals surface area contributed by atoms with Crippen LogP contribution in [0.25, 0.3) is 11.0 Å². The second kappa shape index (κ2) is 8.33. The number of thiazole rings is 1. The minimum Gasteiger partial charge on any atom is -0.341 e. The third kappa shape index (κ3) is 4.11. The number of hydrogen-bond donors (Lipinski definition) is 2. The second-order valence-corrected chi connectivity index (χ2v) is 7.40. The largest absolute Gasteiger partial charge is 0.341 e. The van der Waals surface area contributed by atoms with Crippen LogP contribution in [-0.2, 0) is 13.0 Å². The van der Waals surface area contributed by atoms with Crippen LogP contribution in [0.3, 0.4) is 0 Å². The van der Waals surface area contributed by atoms with Crippen molar-refractivity contribution in [3.05, 3.63) is 76.5 Å². The molecule has 0 radical (unpaired) electrons. The minimum atomic E-state index is -0.0936. The molecule has 0 aliphatic carbocycles. The van der Waals surface area contributed by atoms with E-state index in [1.54, 1.807) is 11.9 Å². The Balaban J connectivity index is 1.29. The SMILES string of the molecule is CN(C(=O)c1csc(CCNCc2nc3ccccc3[nH]2)n1)c1ccccc1. The van der Waals surface area contributed by atoms with Gasteiger partial charge in [-0.1, -0.05) is 30.3 Å². The summed E-state index contributed by atoms with van der Waals surface area (Å²) in [6.45, 7) is 1.44. The lowest BCUT2D eigenvalue weighted by molar-refractivity contribution is 0.0989. The van der Waals surface area contributed by atoms with Gasteiger partial charge in [0, 0.05) is 31.1 Å². The first kappa shape index (κ1) is 18.3. The summed E-state index contributed by atoms with van der Waals surface area (Å²) in [7, 11) is 1.77. The molecule has 0 aliphatic rings. The van der Waals surface area contributed by atoms with E-state index in [0.717, 1.165) is 40.5 Å². The van der Waals surface area contributed by atoms with Crippen molar-refractivity contribution in [2.75, 3.05) is 18.5 Å². The number of nitrogens with one attached hydrogen (secondary N) is 2. The number of H-pyrrole nitrogens is 1. The number of rotatable bonds is 7. The zero-order chi connectivity index (χ0) is 19.3. The van der Waals surface area contributed by atoms with Gasteiger partial charge in [0.25, 0.3) is 5.91 Å². The monoisotopic (exact) mass is 391 g/mol. The quantitative estimate of drug-likeness (QED) is 0.472. The Morgan fingerprint density at radius 2 is 1.89 bits per heavy atom. The van der Waals surface area contributed by atoms with Gasteiger partial charge in [0.15, 0.2) is 0 Å². The van der Waals surface area contributed by atoms with Gasteiger partial charge in [0.1, 0.15) is 11.5 Å². The van der Waals surface area contributed by atoms with E-state index in [9.17, 15) is 4.79 Å². The van der Waals surface area contributed by atoms with Crippen LogP contribution >= 0.6 is 11.3 Å². The Bertz CT molecular complexity index is 1040. The van der Waals surface area contributed by atoms with Crippen LogP contribution < -0.4 is 10.2 Å². The van der Waals surface area contributed by atoms with Crippen LogP contribution in [0.15, 0.2) is 60.0 Å². The van der Waals surface area contributed by atoms with Gasteiger partial charge >= 0.3 is 0 Å². The maximum absolute atomic E-state index is 12.6. The van der Waals surface area contributed by atoms with Gasteiger partial charge in [-0.15, -0.1) is 11.3 Å². The fraction of sp³-hybridized carbons (Fsp3) is 0.190. The Kier molecular flexibility index (Phi) is 5.45. The zero-order valence-electron chi connectivity index (χ0n) is 15.6. The molecule has 7 heteroatoms. The smallest absolute Gasteiger partial charge is 0.277 e. The first-order valence-corrected chi connectivity index (χ1v) is 10.0. The molecule has 28 heavy (non-hydrogen) atoms. The molecule has 4 rings (SSSR count). The van der Waals surface area contributed by atoms with Gasteiger partial charge in [-0.05, 0) is 24.3 Å². The summed E-state index contributed by atoms with van der Waals surface area (Å²) in [6.07, 6.45) is 0.771. The van der Waals surface area contributed by atoms with Crippen molar-refractivity contribution >= 4 is 34.0 Å². The van der Waals surface area contributed by atoms with Gasteiger partial charge in [0.2, 0.25) is 0 Å². The van der Waals surface area contributed by atoms with E-state index < -0.39 is 0 Å². The highest BCUT2D eigenvalue weighted by Crippen LogP contribution is 2.17. The molecule has 2 aromatic heterocycles. The normalized spacial score (nSPS) is 11.0. The number of imidazole rings is 1. The highest BCUT2D eigenvalue weighted by molar-refractivity contribution is 7.09. The topological polar surface area (TPSA) is 73.9 Å². The number of hydrogen-bond acceptors (Lipinski definition) is 5. The van der Waals surface area contributed by atoms with Gasteiger partial charge in [-0.2, -0.15) is 0 Å². The Morgan fingerprint density at radius 3 is 2.71 bits per heavy atom. The molecular weight excluding hydrogens is 370 g/mol. The zero-order valence-corrected chi connectivity index (χ0v) is 16.4. The number of para-hydroxylation sites is 3. The van der Waals surface area contributed by atoms with Gasteiger partial charge in [-0.3, -0.25) is 4.79 Å². The van der Waals surface area contributed by atoms with Crippen LogP contribution in [-0.4, -0.2) is 34.5 Å². The van der Waals surface area contributed by atoms with Crippen molar-refractivity contribution in [3.8, 4) is 0 Å². The first-order chi connectivity index (χ1) is 13.7. The maximum atomic E-state index is 12.6. The lowest BCUT2D eigenvalue weighted by Gasteiger charge is -2.15. The fourth-order valence-corrected chi connectivity index (χ4v) is 3.73. The number of nitrogens with zero attached hydrogens (tertiary/aromatic N) is 3. The fourth-order valence-electron chi connectivity index (χ4n) is 2.96. The highest BCUT2D eigenvalue weighted by atomic mass is 32.1. The first-order valence-electron chi connectivity index (χ1n) is 9.12. The summed E-state index contributed by atoms with van der Waals surface area (Å²) in [5.41, 5.74) is 3.37. The predicted octanol–water partition coefficient (Wildman–Crippen LogP) is 3.63. The van der Waals surface area contributed by atoms with Crippen LogP contribution in [0.5, 0.6) is 0 Å². The molecule has 0 spiro atoms. The molecule has 2 aromatic carbocycles. The number of carbonyl (C=O) groups is 1. The molecule has 2 N–H and O–H groups in total. The van der Waals surface area contributed by atoms with Crippen molar-refractivity contribution in [1.29, 1.82) is 0 Å². The molecule has 0 fully saturated rings. The van der Waals surface area contributed by atoms with E-state index in [-0.39, 0.29) is 5.91 Å². The average molecular weight is 392 g/mol. The van der Waals surface area contributed by atoms with Crippen LogP contribution in [0.2, 0.25) is 0 Å². The molecule has 142 valence electrons.